The normalized spacial score (nSPS) is 14.6. The first-order chi connectivity index (χ1) is 17.1. The van der Waals surface area contributed by atoms with Crippen molar-refractivity contribution >= 4 is 23.2 Å². The van der Waals surface area contributed by atoms with Crippen molar-refractivity contribution in [2.75, 3.05) is 31.1 Å². The number of benzene rings is 2. The number of aryl methyl sites for hydroxylation is 1. The summed E-state index contributed by atoms with van der Waals surface area (Å²) in [7, 11) is 1.69. The molecule has 0 atom stereocenters. The zero-order chi connectivity index (χ0) is 24.2. The summed E-state index contributed by atoms with van der Waals surface area (Å²) in [4.78, 5) is 34.0. The first-order valence-electron chi connectivity index (χ1n) is 12.0. The number of aromatic nitrogens is 4. The minimum Gasteiger partial charge on any atom is -0.341 e. The largest absolute Gasteiger partial charge is 0.341 e. The Bertz CT molecular complexity index is 1440. The van der Waals surface area contributed by atoms with E-state index < -0.39 is 0 Å². The van der Waals surface area contributed by atoms with Crippen LogP contribution in [-0.4, -0.2) is 44.9 Å². The van der Waals surface area contributed by atoms with Gasteiger partial charge in [0.2, 0.25) is 5.95 Å². The molecule has 1 saturated heterocycles. The molecule has 0 saturated carbocycles. The molecule has 8 heteroatoms. The molecule has 3 heterocycles. The van der Waals surface area contributed by atoms with Crippen LogP contribution < -0.4 is 21.5 Å². The van der Waals surface area contributed by atoms with Gasteiger partial charge in [0.25, 0.3) is 5.56 Å². The fourth-order valence-electron chi connectivity index (χ4n) is 4.58. The second kappa shape index (κ2) is 10.1. The van der Waals surface area contributed by atoms with Crippen LogP contribution in [0.4, 0.5) is 5.95 Å². The minimum atomic E-state index is -0.367. The number of imidazole rings is 1. The predicted molar refractivity (Wildman–Crippen MR) is 140 cm³/mol. The van der Waals surface area contributed by atoms with Crippen molar-refractivity contribution < 1.29 is 0 Å². The van der Waals surface area contributed by atoms with Crippen molar-refractivity contribution in [3.05, 3.63) is 98.7 Å². The van der Waals surface area contributed by atoms with Gasteiger partial charge in [-0.1, -0.05) is 72.8 Å². The Kier molecular flexibility index (Phi) is 6.63. The van der Waals surface area contributed by atoms with Gasteiger partial charge in [0.1, 0.15) is 0 Å². The molecular weight excluding hydrogens is 440 g/mol. The van der Waals surface area contributed by atoms with Gasteiger partial charge in [0.15, 0.2) is 11.2 Å². The molecule has 8 nitrogen and oxygen atoms in total. The van der Waals surface area contributed by atoms with E-state index >= 15 is 0 Å². The van der Waals surface area contributed by atoms with Crippen molar-refractivity contribution in [2.45, 2.75) is 19.5 Å². The molecule has 35 heavy (non-hydrogen) atoms. The number of allylic oxidation sites excluding steroid dienone is 1. The first kappa shape index (κ1) is 22.9. The zero-order valence-corrected chi connectivity index (χ0v) is 19.9. The summed E-state index contributed by atoms with van der Waals surface area (Å²) in [5.41, 5.74) is 2.29. The molecule has 5 rings (SSSR count). The van der Waals surface area contributed by atoms with Crippen LogP contribution in [0.25, 0.3) is 17.2 Å². The van der Waals surface area contributed by atoms with E-state index in [2.05, 4.69) is 10.2 Å². The maximum absolute atomic E-state index is 13.7. The van der Waals surface area contributed by atoms with Gasteiger partial charge in [-0.3, -0.25) is 18.5 Å². The lowest BCUT2D eigenvalue weighted by molar-refractivity contribution is 0.663. The highest BCUT2D eigenvalue weighted by atomic mass is 16.2. The molecule has 0 radical (unpaired) electrons. The Morgan fingerprint density at radius 2 is 1.69 bits per heavy atom. The number of hydrogen-bond acceptors (Lipinski definition) is 5. The maximum Gasteiger partial charge on any atom is 0.332 e. The molecule has 2 aromatic carbocycles. The summed E-state index contributed by atoms with van der Waals surface area (Å²) in [5, 5.41) is 3.42. The van der Waals surface area contributed by atoms with Crippen molar-refractivity contribution in [1.82, 2.24) is 24.0 Å². The third kappa shape index (κ3) is 4.70. The van der Waals surface area contributed by atoms with Crippen LogP contribution in [0.3, 0.4) is 0 Å². The molecule has 1 N–H and O–H groups in total. The summed E-state index contributed by atoms with van der Waals surface area (Å²) in [6.45, 7) is 4.13. The SMILES string of the molecule is Cn1c(=O)n(C/C=C/c2ccccc2)c(=O)c2c1nc(N1CCCNCC1)n2Cc1ccccc1. The summed E-state index contributed by atoms with van der Waals surface area (Å²) in [5.74, 6) is 0.734. The average Bonchev–Trinajstić information content (AvgIpc) is 3.05. The van der Waals surface area contributed by atoms with Gasteiger partial charge in [0.05, 0.1) is 6.54 Å². The van der Waals surface area contributed by atoms with E-state index in [1.54, 1.807) is 7.05 Å². The maximum atomic E-state index is 13.7. The standard InChI is InChI=1S/C27H30N6O2/c1-30-24-23(25(34)32(27(30)35)18-8-14-21-10-4-2-5-11-21)33(20-22-12-6-3-7-13-22)26(29-24)31-17-9-15-28-16-19-31/h2-8,10-14,28H,9,15-20H2,1H3/b14-8+. The molecule has 0 bridgehead atoms. The van der Waals surface area contributed by atoms with E-state index in [9.17, 15) is 9.59 Å². The Morgan fingerprint density at radius 3 is 2.46 bits per heavy atom. The topological polar surface area (TPSA) is 77.1 Å². The number of rotatable bonds is 6. The predicted octanol–water partition coefficient (Wildman–Crippen LogP) is 2.46. The Balaban J connectivity index is 1.64. The van der Waals surface area contributed by atoms with E-state index in [4.69, 9.17) is 4.98 Å². The van der Waals surface area contributed by atoms with Crippen LogP contribution in [0.2, 0.25) is 0 Å². The molecule has 1 aliphatic heterocycles. The first-order valence-corrected chi connectivity index (χ1v) is 12.0. The molecule has 0 aliphatic carbocycles. The van der Waals surface area contributed by atoms with Crippen molar-refractivity contribution in [1.29, 1.82) is 0 Å². The Labute approximate surface area is 203 Å². The molecule has 2 aromatic heterocycles. The summed E-state index contributed by atoms with van der Waals surface area (Å²) in [6.07, 6.45) is 4.76. The average molecular weight is 471 g/mol. The third-order valence-electron chi connectivity index (χ3n) is 6.42. The molecular formula is C27H30N6O2. The lowest BCUT2D eigenvalue weighted by Gasteiger charge is -2.22. The highest BCUT2D eigenvalue weighted by Crippen LogP contribution is 2.22. The second-order valence-corrected chi connectivity index (χ2v) is 8.82. The van der Waals surface area contributed by atoms with E-state index in [-0.39, 0.29) is 17.8 Å². The second-order valence-electron chi connectivity index (χ2n) is 8.82. The lowest BCUT2D eigenvalue weighted by Crippen LogP contribution is -2.39. The number of anilines is 1. The smallest absolute Gasteiger partial charge is 0.332 e. The van der Waals surface area contributed by atoms with Gasteiger partial charge in [-0.15, -0.1) is 0 Å². The molecule has 4 aromatic rings. The number of hydrogen-bond donors (Lipinski definition) is 1. The molecule has 0 unspecified atom stereocenters. The number of nitrogens with one attached hydrogen (secondary N) is 1. The minimum absolute atomic E-state index is 0.190. The van der Waals surface area contributed by atoms with E-state index in [1.807, 2.05) is 77.4 Å². The number of nitrogens with zero attached hydrogens (tertiary/aromatic N) is 5. The van der Waals surface area contributed by atoms with Gasteiger partial charge in [-0.25, -0.2) is 4.79 Å². The highest BCUT2D eigenvalue weighted by Gasteiger charge is 2.24. The van der Waals surface area contributed by atoms with Crippen LogP contribution in [0.5, 0.6) is 0 Å². The fourth-order valence-corrected chi connectivity index (χ4v) is 4.58. The lowest BCUT2D eigenvalue weighted by atomic mass is 10.2. The van der Waals surface area contributed by atoms with Gasteiger partial charge in [-0.05, 0) is 24.1 Å². The van der Waals surface area contributed by atoms with Crippen LogP contribution in [0.1, 0.15) is 17.5 Å². The van der Waals surface area contributed by atoms with Crippen LogP contribution >= 0.6 is 0 Å². The summed E-state index contributed by atoms with van der Waals surface area (Å²) in [6, 6.07) is 19.9. The van der Waals surface area contributed by atoms with E-state index in [0.717, 1.165) is 49.7 Å². The number of fused-ring (bicyclic) bond motifs is 1. The highest BCUT2D eigenvalue weighted by molar-refractivity contribution is 5.75. The Hall–Kier alpha value is -3.91. The Morgan fingerprint density at radius 1 is 0.943 bits per heavy atom. The molecule has 0 amide bonds. The van der Waals surface area contributed by atoms with Crippen molar-refractivity contribution in [3.8, 4) is 0 Å². The monoisotopic (exact) mass is 470 g/mol. The third-order valence-corrected chi connectivity index (χ3v) is 6.42. The van der Waals surface area contributed by atoms with Crippen molar-refractivity contribution in [3.63, 3.8) is 0 Å². The summed E-state index contributed by atoms with van der Waals surface area (Å²) < 4.78 is 4.77. The molecule has 0 spiro atoms. The fraction of sp³-hybridized carbons (Fsp3) is 0.296. The van der Waals surface area contributed by atoms with E-state index in [0.29, 0.717) is 17.7 Å². The van der Waals surface area contributed by atoms with Crippen LogP contribution in [-0.2, 0) is 20.1 Å². The quantitative estimate of drug-likeness (QED) is 0.469. The molecule has 1 fully saturated rings. The van der Waals surface area contributed by atoms with Gasteiger partial charge in [-0.2, -0.15) is 4.98 Å². The van der Waals surface area contributed by atoms with Gasteiger partial charge < -0.3 is 10.2 Å². The van der Waals surface area contributed by atoms with Crippen LogP contribution in [0.15, 0.2) is 76.3 Å². The molecule has 180 valence electrons. The zero-order valence-electron chi connectivity index (χ0n) is 19.9. The van der Waals surface area contributed by atoms with Crippen LogP contribution in [0, 0.1) is 0 Å². The molecule has 1 aliphatic rings. The van der Waals surface area contributed by atoms with E-state index in [1.165, 1.54) is 9.13 Å². The van der Waals surface area contributed by atoms with Crippen molar-refractivity contribution in [2.24, 2.45) is 7.05 Å². The van der Waals surface area contributed by atoms with Gasteiger partial charge >= 0.3 is 5.69 Å². The summed E-state index contributed by atoms with van der Waals surface area (Å²) >= 11 is 0. The van der Waals surface area contributed by atoms with Gasteiger partial charge in [0, 0.05) is 33.2 Å².